The average molecular weight is 425 g/mol. The van der Waals surface area contributed by atoms with Crippen molar-refractivity contribution in [2.45, 2.75) is 38.6 Å². The van der Waals surface area contributed by atoms with E-state index in [1.165, 1.54) is 23.6 Å². The molecule has 2 heterocycles. The molecular formula is C17H24BN3O7S. The second-order valence-corrected chi connectivity index (χ2v) is 7.88. The summed E-state index contributed by atoms with van der Waals surface area (Å²) in [5.41, 5.74) is 4.30. The molecule has 1 atom stereocenters. The minimum atomic E-state index is -0.723. The molecule has 0 spiro atoms. The second kappa shape index (κ2) is 10.8. The molecule has 1 saturated heterocycles. The SMILES string of the molecule is C#CCOC(=O)C1=CCSC2B(NC(=O)OC(C)(C)C)C(=O)N12.CC(=O)OCN. The van der Waals surface area contributed by atoms with Crippen LogP contribution in [0.1, 0.15) is 27.7 Å². The van der Waals surface area contributed by atoms with Gasteiger partial charge in [0.15, 0.2) is 6.61 Å². The van der Waals surface area contributed by atoms with Gasteiger partial charge in [0.2, 0.25) is 5.81 Å². The zero-order chi connectivity index (χ0) is 22.2. The van der Waals surface area contributed by atoms with Crippen LogP contribution in [0.25, 0.3) is 0 Å². The number of ether oxygens (including phenoxy) is 3. The van der Waals surface area contributed by atoms with E-state index >= 15 is 0 Å². The van der Waals surface area contributed by atoms with Gasteiger partial charge in [-0.2, -0.15) is 0 Å². The molecule has 0 radical (unpaired) electrons. The number of amides is 2. The van der Waals surface area contributed by atoms with Crippen molar-refractivity contribution >= 4 is 42.4 Å². The van der Waals surface area contributed by atoms with E-state index in [0.29, 0.717) is 5.75 Å². The van der Waals surface area contributed by atoms with E-state index in [0.717, 1.165) is 0 Å². The van der Waals surface area contributed by atoms with Crippen molar-refractivity contribution in [1.82, 2.24) is 10.1 Å². The molecule has 2 aliphatic rings. The number of terminal acetylenes is 1. The molecule has 0 bridgehead atoms. The Labute approximate surface area is 173 Å². The zero-order valence-electron chi connectivity index (χ0n) is 16.7. The van der Waals surface area contributed by atoms with Crippen LogP contribution in [-0.2, 0) is 23.8 Å². The van der Waals surface area contributed by atoms with Gasteiger partial charge in [0.05, 0.1) is 5.27 Å². The van der Waals surface area contributed by atoms with Crippen LogP contribution in [0, 0.1) is 12.3 Å². The predicted molar refractivity (Wildman–Crippen MR) is 107 cm³/mol. The monoisotopic (exact) mass is 425 g/mol. The number of nitrogens with one attached hydrogen (secondary N) is 1. The fraction of sp³-hybridized carbons (Fsp3) is 0.529. The number of rotatable bonds is 4. The van der Waals surface area contributed by atoms with Crippen LogP contribution in [0.3, 0.4) is 0 Å². The first-order valence-corrected chi connectivity index (χ1v) is 9.65. The van der Waals surface area contributed by atoms with Gasteiger partial charge in [-0.15, -0.1) is 18.2 Å². The van der Waals surface area contributed by atoms with Gasteiger partial charge in [0.25, 0.3) is 0 Å². The largest absolute Gasteiger partial charge is 0.450 e. The van der Waals surface area contributed by atoms with Gasteiger partial charge >= 0.3 is 24.9 Å². The number of hydrogen-bond acceptors (Lipinski definition) is 9. The second-order valence-electron chi connectivity index (χ2n) is 6.73. The van der Waals surface area contributed by atoms with Crippen molar-refractivity contribution in [1.29, 1.82) is 0 Å². The molecule has 0 aliphatic carbocycles. The summed E-state index contributed by atoms with van der Waals surface area (Å²) in [7, 11) is 0. The number of hydrogen-bond donors (Lipinski definition) is 2. The lowest BCUT2D eigenvalue weighted by Crippen LogP contribution is -2.73. The zero-order valence-corrected chi connectivity index (χ0v) is 17.5. The number of nitrogens with two attached hydrogens (primary N) is 1. The standard InChI is InChI=1S/C14H17BN2O5S.C3H7NO2/c1-5-7-21-10(18)9-6-8-23-12-15(11(19)17(9)12)16-13(20)22-14(2,3)4;1-3(5)6-2-4/h1,6,12H,7-8H2,2-4H3,(H,16,20);2,4H2,1H3. The van der Waals surface area contributed by atoms with E-state index in [1.807, 2.05) is 0 Å². The lowest BCUT2D eigenvalue weighted by Gasteiger charge is -2.46. The van der Waals surface area contributed by atoms with Crippen LogP contribution < -0.4 is 11.0 Å². The third kappa shape index (κ3) is 7.36. The Balaban J connectivity index is 0.000000612. The first-order chi connectivity index (χ1) is 13.5. The van der Waals surface area contributed by atoms with Gasteiger partial charge in [-0.3, -0.25) is 15.3 Å². The summed E-state index contributed by atoms with van der Waals surface area (Å²) in [5, 5.41) is 2.19. The third-order valence-corrected chi connectivity index (χ3v) is 4.48. The summed E-state index contributed by atoms with van der Waals surface area (Å²) in [5.74, 6) is 1.37. The van der Waals surface area contributed by atoms with Gasteiger partial charge in [0, 0.05) is 12.7 Å². The third-order valence-electron chi connectivity index (χ3n) is 3.30. The van der Waals surface area contributed by atoms with E-state index in [4.69, 9.17) is 21.6 Å². The number of thioether (sulfide) groups is 1. The van der Waals surface area contributed by atoms with Gasteiger partial charge in [-0.25, -0.2) is 9.59 Å². The quantitative estimate of drug-likeness (QED) is 0.219. The topological polar surface area (TPSA) is 137 Å². The Morgan fingerprint density at radius 1 is 1.41 bits per heavy atom. The molecule has 1 unspecified atom stereocenters. The Morgan fingerprint density at radius 3 is 2.55 bits per heavy atom. The van der Waals surface area contributed by atoms with Crippen molar-refractivity contribution in [2.75, 3.05) is 19.1 Å². The summed E-state index contributed by atoms with van der Waals surface area (Å²) in [6.07, 6.45) is 5.99. The van der Waals surface area contributed by atoms with Crippen molar-refractivity contribution in [3.05, 3.63) is 11.8 Å². The summed E-state index contributed by atoms with van der Waals surface area (Å²) >= 11 is 1.44. The summed E-state index contributed by atoms with van der Waals surface area (Å²) in [6.45, 7) is 5.62. The first-order valence-electron chi connectivity index (χ1n) is 8.60. The number of nitrogens with zero attached hydrogens (tertiary/aromatic N) is 1. The minimum Gasteiger partial charge on any atom is -0.450 e. The molecule has 158 valence electrons. The number of carbonyl (C=O) groups is 4. The molecule has 3 N–H and O–H groups in total. The summed E-state index contributed by atoms with van der Waals surface area (Å²) in [4.78, 5) is 47.0. The van der Waals surface area contributed by atoms with E-state index in [1.54, 1.807) is 26.8 Å². The van der Waals surface area contributed by atoms with Gasteiger partial charge in [0.1, 0.15) is 18.0 Å². The van der Waals surface area contributed by atoms with Crippen molar-refractivity contribution in [2.24, 2.45) is 5.73 Å². The maximum absolute atomic E-state index is 12.2. The van der Waals surface area contributed by atoms with E-state index in [9.17, 15) is 19.2 Å². The number of fused-ring (bicyclic) bond motifs is 1. The lowest BCUT2D eigenvalue weighted by atomic mass is 9.52. The van der Waals surface area contributed by atoms with Gasteiger partial charge < -0.3 is 24.3 Å². The Hall–Kier alpha value is -2.65. The van der Waals surface area contributed by atoms with Crippen molar-refractivity contribution in [3.63, 3.8) is 0 Å². The van der Waals surface area contributed by atoms with Crippen LogP contribution >= 0.6 is 11.8 Å². The minimum absolute atomic E-state index is 0.0185. The molecule has 2 amide bonds. The molecule has 2 rings (SSSR count). The maximum atomic E-state index is 12.2. The maximum Gasteiger partial charge on any atom is 0.398 e. The van der Waals surface area contributed by atoms with Crippen LogP contribution in [-0.4, -0.2) is 65.6 Å². The molecule has 1 fully saturated rings. The molecule has 0 aromatic heterocycles. The van der Waals surface area contributed by atoms with Crippen molar-refractivity contribution in [3.8, 4) is 12.3 Å². The van der Waals surface area contributed by atoms with E-state index in [2.05, 4.69) is 15.9 Å². The molecule has 0 aromatic carbocycles. The van der Waals surface area contributed by atoms with E-state index < -0.39 is 24.5 Å². The highest BCUT2D eigenvalue weighted by atomic mass is 32.2. The first kappa shape index (κ1) is 24.4. The summed E-state index contributed by atoms with van der Waals surface area (Å²) < 4.78 is 14.2. The van der Waals surface area contributed by atoms with Crippen LogP contribution in [0.2, 0.25) is 0 Å². The smallest absolute Gasteiger partial charge is 0.398 e. The molecule has 10 nitrogen and oxygen atoms in total. The molecule has 12 heteroatoms. The molecule has 0 aromatic rings. The van der Waals surface area contributed by atoms with Crippen LogP contribution in [0.15, 0.2) is 11.8 Å². The molecular weight excluding hydrogens is 401 g/mol. The Kier molecular flexibility index (Phi) is 9.07. The lowest BCUT2D eigenvalue weighted by molar-refractivity contribution is -0.141. The average Bonchev–Trinajstić information content (AvgIpc) is 2.62. The fourth-order valence-electron chi connectivity index (χ4n) is 2.26. The van der Waals surface area contributed by atoms with Gasteiger partial charge in [-0.05, 0) is 26.8 Å². The predicted octanol–water partition coefficient (Wildman–Crippen LogP) is 0.658. The van der Waals surface area contributed by atoms with Crippen LogP contribution in [0.4, 0.5) is 9.59 Å². The Morgan fingerprint density at radius 2 is 2.07 bits per heavy atom. The highest BCUT2D eigenvalue weighted by Gasteiger charge is 2.57. The highest BCUT2D eigenvalue weighted by molar-refractivity contribution is 8.02. The normalized spacial score (nSPS) is 17.3. The summed E-state index contributed by atoms with van der Waals surface area (Å²) in [6, 6.07) is 0. The van der Waals surface area contributed by atoms with Gasteiger partial charge in [-0.1, -0.05) is 5.92 Å². The molecule has 29 heavy (non-hydrogen) atoms. The van der Waals surface area contributed by atoms with Crippen molar-refractivity contribution < 1.29 is 33.4 Å². The Bertz CT molecular complexity index is 730. The van der Waals surface area contributed by atoms with Crippen LogP contribution in [0.5, 0.6) is 0 Å². The molecule has 0 saturated carbocycles. The molecule has 2 aliphatic heterocycles. The fourth-order valence-corrected chi connectivity index (χ4v) is 3.46. The highest BCUT2D eigenvalue weighted by Crippen LogP contribution is 2.36. The number of esters is 2. The number of carbonyl (C=O) groups excluding carboxylic acids is 4. The van der Waals surface area contributed by atoms with E-state index in [-0.39, 0.29) is 36.1 Å².